The topological polar surface area (TPSA) is 18.5 Å². The highest BCUT2D eigenvalue weighted by atomic mass is 35.5. The van der Waals surface area contributed by atoms with E-state index >= 15 is 0 Å². The largest absolute Gasteiger partial charge is 0.375 e. The van der Waals surface area contributed by atoms with E-state index in [2.05, 4.69) is 41.3 Å². The van der Waals surface area contributed by atoms with Crippen molar-refractivity contribution in [3.8, 4) is 0 Å². The van der Waals surface area contributed by atoms with Crippen LogP contribution >= 0.6 is 11.6 Å². The third kappa shape index (κ3) is 3.61. The second kappa shape index (κ2) is 6.41. The zero-order valence-corrected chi connectivity index (χ0v) is 12.0. The molecule has 100 valence electrons. The summed E-state index contributed by atoms with van der Waals surface area (Å²) in [4.78, 5) is 4.74. The fraction of sp³-hybridized carbons (Fsp3) is 0.571. The molecule has 1 unspecified atom stereocenters. The summed E-state index contributed by atoms with van der Waals surface area (Å²) in [5.41, 5.74) is 1.23. The Balaban J connectivity index is 1.83. The Labute approximate surface area is 115 Å². The van der Waals surface area contributed by atoms with E-state index < -0.39 is 0 Å². The molecule has 0 amide bonds. The van der Waals surface area contributed by atoms with E-state index in [0.29, 0.717) is 6.04 Å². The Morgan fingerprint density at radius 2 is 2.11 bits per heavy atom. The van der Waals surface area contributed by atoms with Crippen LogP contribution in [0.3, 0.4) is 0 Å². The summed E-state index contributed by atoms with van der Waals surface area (Å²) in [6.45, 7) is 4.43. The lowest BCUT2D eigenvalue weighted by Gasteiger charge is -2.34. The molecular weight excluding hydrogens is 246 g/mol. The number of hydrogen-bond donors (Lipinski definition) is 1. The molecule has 0 radical (unpaired) electrons. The molecule has 0 aliphatic carbocycles. The van der Waals surface area contributed by atoms with Crippen LogP contribution in [0.4, 0.5) is 5.69 Å². The zero-order chi connectivity index (χ0) is 13.0. The monoisotopic (exact) mass is 267 g/mol. The van der Waals surface area contributed by atoms with Crippen molar-refractivity contribution in [2.24, 2.45) is 0 Å². The maximum Gasteiger partial charge on any atom is 0.0407 e. The molecule has 1 atom stereocenters. The molecule has 0 aromatic heterocycles. The third-order valence-corrected chi connectivity index (χ3v) is 3.96. The number of piperazine rings is 1. The summed E-state index contributed by atoms with van der Waals surface area (Å²) in [5.74, 6) is 0. The van der Waals surface area contributed by atoms with E-state index in [1.165, 1.54) is 12.1 Å². The normalized spacial score (nSPS) is 20.9. The van der Waals surface area contributed by atoms with Crippen LogP contribution in [-0.4, -0.2) is 51.2 Å². The molecule has 2 rings (SSSR count). The summed E-state index contributed by atoms with van der Waals surface area (Å²) < 4.78 is 0. The van der Waals surface area contributed by atoms with Crippen molar-refractivity contribution in [2.75, 3.05) is 45.2 Å². The van der Waals surface area contributed by atoms with Crippen LogP contribution in [0.1, 0.15) is 6.42 Å². The third-order valence-electron chi connectivity index (χ3n) is 3.71. The van der Waals surface area contributed by atoms with Crippen LogP contribution in [0, 0.1) is 0 Å². The van der Waals surface area contributed by atoms with E-state index in [-0.39, 0.29) is 0 Å². The minimum absolute atomic E-state index is 0.647. The quantitative estimate of drug-likeness (QED) is 0.901. The highest BCUT2D eigenvalue weighted by Gasteiger charge is 2.18. The van der Waals surface area contributed by atoms with Gasteiger partial charge in [-0.1, -0.05) is 11.6 Å². The summed E-state index contributed by atoms with van der Waals surface area (Å²) >= 11 is 5.90. The second-order valence-corrected chi connectivity index (χ2v) is 5.46. The number of nitrogens with zero attached hydrogens (tertiary/aromatic N) is 2. The van der Waals surface area contributed by atoms with Gasteiger partial charge in [0.15, 0.2) is 0 Å². The Morgan fingerprint density at radius 3 is 2.78 bits per heavy atom. The number of likely N-dealkylation sites (N-methyl/N-ethyl adjacent to an activating group) is 1. The maximum absolute atomic E-state index is 5.90. The van der Waals surface area contributed by atoms with Crippen molar-refractivity contribution in [1.82, 2.24) is 10.2 Å². The minimum atomic E-state index is 0.647. The first kappa shape index (κ1) is 13.7. The summed E-state index contributed by atoms with van der Waals surface area (Å²) in [5, 5.41) is 4.25. The molecule has 4 heteroatoms. The molecule has 18 heavy (non-hydrogen) atoms. The lowest BCUT2D eigenvalue weighted by molar-refractivity contribution is 0.192. The molecule has 1 aromatic carbocycles. The van der Waals surface area contributed by atoms with Gasteiger partial charge in [0.1, 0.15) is 0 Å². The number of halogens is 1. The van der Waals surface area contributed by atoms with Crippen molar-refractivity contribution in [3.63, 3.8) is 0 Å². The predicted molar refractivity (Wildman–Crippen MR) is 78.6 cm³/mol. The predicted octanol–water partition coefficient (Wildman–Crippen LogP) is 2.07. The molecule has 0 bridgehead atoms. The van der Waals surface area contributed by atoms with Gasteiger partial charge in [-0.2, -0.15) is 0 Å². The molecule has 1 N–H and O–H groups in total. The van der Waals surface area contributed by atoms with Crippen LogP contribution in [0.25, 0.3) is 0 Å². The van der Waals surface area contributed by atoms with Gasteiger partial charge in [-0.05, 0) is 37.7 Å². The first-order valence-corrected chi connectivity index (χ1v) is 6.92. The Hall–Kier alpha value is -0.770. The number of anilines is 1. The lowest BCUT2D eigenvalue weighted by atomic mass is 10.1. The molecule has 1 heterocycles. The molecule has 1 aromatic rings. The number of nitrogens with one attached hydrogen (secondary N) is 1. The van der Waals surface area contributed by atoms with Crippen molar-refractivity contribution < 1.29 is 0 Å². The SMILES string of the molecule is CN(CCC1CNCCN1C)c1ccc(Cl)cc1. The number of rotatable bonds is 4. The van der Waals surface area contributed by atoms with Gasteiger partial charge in [-0.3, -0.25) is 0 Å². The Bertz CT molecular complexity index is 366. The van der Waals surface area contributed by atoms with Crippen molar-refractivity contribution in [2.45, 2.75) is 12.5 Å². The van der Waals surface area contributed by atoms with E-state index in [1.54, 1.807) is 0 Å². The highest BCUT2D eigenvalue weighted by molar-refractivity contribution is 6.30. The van der Waals surface area contributed by atoms with E-state index in [9.17, 15) is 0 Å². The lowest BCUT2D eigenvalue weighted by Crippen LogP contribution is -2.50. The Kier molecular flexibility index (Phi) is 4.87. The zero-order valence-electron chi connectivity index (χ0n) is 11.2. The van der Waals surface area contributed by atoms with Gasteiger partial charge in [-0.25, -0.2) is 0 Å². The minimum Gasteiger partial charge on any atom is -0.375 e. The van der Waals surface area contributed by atoms with Crippen molar-refractivity contribution in [1.29, 1.82) is 0 Å². The van der Waals surface area contributed by atoms with Crippen LogP contribution < -0.4 is 10.2 Å². The smallest absolute Gasteiger partial charge is 0.0407 e. The van der Waals surface area contributed by atoms with Gasteiger partial charge in [0.25, 0.3) is 0 Å². The van der Waals surface area contributed by atoms with Crippen molar-refractivity contribution >= 4 is 17.3 Å². The van der Waals surface area contributed by atoms with E-state index in [1.807, 2.05) is 12.1 Å². The van der Waals surface area contributed by atoms with Gasteiger partial charge in [-0.15, -0.1) is 0 Å². The fourth-order valence-corrected chi connectivity index (χ4v) is 2.48. The summed E-state index contributed by atoms with van der Waals surface area (Å²) in [7, 11) is 4.35. The summed E-state index contributed by atoms with van der Waals surface area (Å²) in [6, 6.07) is 8.69. The fourth-order valence-electron chi connectivity index (χ4n) is 2.35. The molecule has 1 aliphatic rings. The van der Waals surface area contributed by atoms with Gasteiger partial charge >= 0.3 is 0 Å². The molecule has 1 saturated heterocycles. The average molecular weight is 268 g/mol. The number of benzene rings is 1. The highest BCUT2D eigenvalue weighted by Crippen LogP contribution is 2.17. The van der Waals surface area contributed by atoms with Crippen LogP contribution in [0.15, 0.2) is 24.3 Å². The molecular formula is C14H22ClN3. The van der Waals surface area contributed by atoms with Crippen LogP contribution in [-0.2, 0) is 0 Å². The maximum atomic E-state index is 5.90. The summed E-state index contributed by atoms with van der Waals surface area (Å²) in [6.07, 6.45) is 1.18. The molecule has 0 saturated carbocycles. The number of hydrogen-bond acceptors (Lipinski definition) is 3. The van der Waals surface area contributed by atoms with Gasteiger partial charge in [0, 0.05) is 50.0 Å². The molecule has 0 spiro atoms. The van der Waals surface area contributed by atoms with E-state index in [4.69, 9.17) is 11.6 Å². The molecule has 1 fully saturated rings. The molecule has 1 aliphatic heterocycles. The standard InChI is InChI=1S/C14H22ClN3/c1-17(13-5-3-12(15)4-6-13)9-7-14-11-16-8-10-18(14)2/h3-6,14,16H,7-11H2,1-2H3. The first-order chi connectivity index (χ1) is 8.66. The van der Waals surface area contributed by atoms with Crippen molar-refractivity contribution in [3.05, 3.63) is 29.3 Å². The van der Waals surface area contributed by atoms with Gasteiger partial charge in [0.2, 0.25) is 0 Å². The first-order valence-electron chi connectivity index (χ1n) is 6.54. The van der Waals surface area contributed by atoms with Gasteiger partial charge < -0.3 is 15.1 Å². The van der Waals surface area contributed by atoms with E-state index in [0.717, 1.165) is 31.2 Å². The second-order valence-electron chi connectivity index (χ2n) is 5.03. The molecule has 3 nitrogen and oxygen atoms in total. The average Bonchev–Trinajstić information content (AvgIpc) is 2.38. The van der Waals surface area contributed by atoms with Gasteiger partial charge in [0.05, 0.1) is 0 Å². The Morgan fingerprint density at radius 1 is 1.39 bits per heavy atom. The van der Waals surface area contributed by atoms with Crippen LogP contribution in [0.5, 0.6) is 0 Å². The van der Waals surface area contributed by atoms with Crippen LogP contribution in [0.2, 0.25) is 5.02 Å².